The van der Waals surface area contributed by atoms with Gasteiger partial charge in [0.1, 0.15) is 5.60 Å². The Kier molecular flexibility index (Phi) is 2.65. The molecule has 1 N–H and O–H groups in total. The lowest BCUT2D eigenvalue weighted by Crippen LogP contribution is -2.20. The fraction of sp³-hybridized carbons (Fsp3) is 0.833. The highest BCUT2D eigenvalue weighted by Crippen LogP contribution is 2.06. The minimum atomic E-state index is -0.371. The van der Waals surface area contributed by atoms with Gasteiger partial charge in [-0.2, -0.15) is 0 Å². The standard InChI is InChI=1S/C6H12O3/c1-5(7)8-9-6(2,3)4/h1-4H3/p+1. The fourth-order valence-corrected chi connectivity index (χ4v) is 0.185. The van der Waals surface area contributed by atoms with E-state index in [1.807, 2.05) is 20.8 Å². The Labute approximate surface area is 54.9 Å². The first-order valence-electron chi connectivity index (χ1n) is 2.80. The molecule has 3 heteroatoms. The zero-order valence-electron chi connectivity index (χ0n) is 6.26. The number of hydrogen-bond donors (Lipinski definition) is 0. The maximum Gasteiger partial charge on any atom is 0.525 e. The van der Waals surface area contributed by atoms with E-state index in [1.165, 1.54) is 6.92 Å². The van der Waals surface area contributed by atoms with Crippen LogP contribution in [0.5, 0.6) is 0 Å². The first kappa shape index (κ1) is 8.43. The SMILES string of the molecule is CC(=[OH+])OOC(C)(C)C. The Hall–Kier alpha value is -0.570. The molecule has 3 nitrogen and oxygen atoms in total. The van der Waals surface area contributed by atoms with Crippen LogP contribution in [0.2, 0.25) is 0 Å². The van der Waals surface area contributed by atoms with E-state index in [2.05, 4.69) is 4.89 Å². The van der Waals surface area contributed by atoms with Crippen molar-refractivity contribution in [3.8, 4) is 0 Å². The van der Waals surface area contributed by atoms with E-state index < -0.39 is 0 Å². The zero-order chi connectivity index (χ0) is 7.49. The summed E-state index contributed by atoms with van der Waals surface area (Å²) in [5.41, 5.74) is -0.371. The molecule has 0 radical (unpaired) electrons. The van der Waals surface area contributed by atoms with Gasteiger partial charge < -0.3 is 4.79 Å². The third-order valence-electron chi connectivity index (χ3n) is 0.412. The van der Waals surface area contributed by atoms with E-state index in [0.717, 1.165) is 0 Å². The van der Waals surface area contributed by atoms with Crippen molar-refractivity contribution in [3.05, 3.63) is 0 Å². The Morgan fingerprint density at radius 1 is 1.33 bits per heavy atom. The van der Waals surface area contributed by atoms with Crippen molar-refractivity contribution in [1.82, 2.24) is 0 Å². The van der Waals surface area contributed by atoms with Gasteiger partial charge in [-0.05, 0) is 20.8 Å². The lowest BCUT2D eigenvalue weighted by Gasteiger charge is -2.08. The van der Waals surface area contributed by atoms with Gasteiger partial charge >= 0.3 is 5.97 Å². The minimum absolute atomic E-state index is 0.176. The summed E-state index contributed by atoms with van der Waals surface area (Å²) >= 11 is 0. The van der Waals surface area contributed by atoms with Crippen molar-refractivity contribution in [2.45, 2.75) is 33.3 Å². The predicted molar refractivity (Wildman–Crippen MR) is 34.5 cm³/mol. The van der Waals surface area contributed by atoms with Crippen LogP contribution in [0.3, 0.4) is 0 Å². The summed E-state index contributed by atoms with van der Waals surface area (Å²) in [4.78, 5) is 17.6. The van der Waals surface area contributed by atoms with Crippen LogP contribution < -0.4 is 0 Å². The third kappa shape index (κ3) is 7.43. The van der Waals surface area contributed by atoms with Gasteiger partial charge in [0.2, 0.25) is 0 Å². The first-order valence-corrected chi connectivity index (χ1v) is 2.80. The molecule has 0 aromatic carbocycles. The maximum atomic E-state index is 8.49. The molecule has 0 heterocycles. The highest BCUT2D eigenvalue weighted by Gasteiger charge is 2.18. The quantitative estimate of drug-likeness (QED) is 0.307. The van der Waals surface area contributed by atoms with Gasteiger partial charge in [-0.1, -0.05) is 4.89 Å². The molecule has 9 heavy (non-hydrogen) atoms. The number of hydrogen-bond acceptors (Lipinski definition) is 2. The molecule has 54 valence electrons. The molecule has 0 saturated carbocycles. The van der Waals surface area contributed by atoms with Crippen LogP contribution >= 0.6 is 0 Å². The smallest absolute Gasteiger partial charge is 0.337 e. The molecule has 0 aromatic heterocycles. The third-order valence-corrected chi connectivity index (χ3v) is 0.412. The molecule has 0 aliphatic carbocycles. The highest BCUT2D eigenvalue weighted by molar-refractivity contribution is 5.66. The molecule has 0 aromatic rings. The average Bonchev–Trinajstić information content (AvgIpc) is 1.59. The Bertz CT molecular complexity index is 101. The Balaban J connectivity index is 3.39. The lowest BCUT2D eigenvalue weighted by atomic mass is 10.2. The second kappa shape index (κ2) is 2.82. The maximum absolute atomic E-state index is 8.49. The lowest BCUT2D eigenvalue weighted by molar-refractivity contribution is -0.292. The van der Waals surface area contributed by atoms with Gasteiger partial charge in [-0.25, -0.2) is 0 Å². The topological polar surface area (TPSA) is 39.9 Å². The van der Waals surface area contributed by atoms with Crippen LogP contribution in [-0.2, 0) is 9.78 Å². The number of carbonyl (C=O) groups excluding carboxylic acids is 1. The monoisotopic (exact) mass is 133 g/mol. The summed E-state index contributed by atoms with van der Waals surface area (Å²) in [5.74, 6) is -0.176. The van der Waals surface area contributed by atoms with Crippen LogP contribution in [0.25, 0.3) is 0 Å². The molecule has 0 bridgehead atoms. The molecule has 0 aliphatic heterocycles. The van der Waals surface area contributed by atoms with E-state index >= 15 is 0 Å². The van der Waals surface area contributed by atoms with Crippen molar-refractivity contribution < 1.29 is 14.6 Å². The number of rotatable bonds is 1. The second-order valence-corrected chi connectivity index (χ2v) is 2.80. The van der Waals surface area contributed by atoms with E-state index in [-0.39, 0.29) is 11.6 Å². The van der Waals surface area contributed by atoms with Gasteiger partial charge in [-0.15, -0.1) is 4.89 Å². The van der Waals surface area contributed by atoms with Crippen molar-refractivity contribution in [2.75, 3.05) is 0 Å². The first-order chi connectivity index (χ1) is 3.92. The zero-order valence-corrected chi connectivity index (χ0v) is 6.26. The molecule has 0 atom stereocenters. The molecule has 0 fully saturated rings. The molecule has 0 spiro atoms. The van der Waals surface area contributed by atoms with Gasteiger partial charge in [0.25, 0.3) is 0 Å². The Morgan fingerprint density at radius 3 is 1.89 bits per heavy atom. The average molecular weight is 133 g/mol. The molecule has 0 unspecified atom stereocenters. The van der Waals surface area contributed by atoms with Crippen LogP contribution in [0.4, 0.5) is 0 Å². The van der Waals surface area contributed by atoms with Crippen molar-refractivity contribution in [3.63, 3.8) is 0 Å². The molecule has 0 saturated heterocycles. The van der Waals surface area contributed by atoms with Crippen LogP contribution in [0.1, 0.15) is 27.7 Å². The van der Waals surface area contributed by atoms with Crippen LogP contribution in [0.15, 0.2) is 0 Å². The van der Waals surface area contributed by atoms with Crippen LogP contribution in [-0.4, -0.2) is 16.4 Å². The molecule has 0 rings (SSSR count). The van der Waals surface area contributed by atoms with Gasteiger partial charge in [0.05, 0.1) is 6.92 Å². The summed E-state index contributed by atoms with van der Waals surface area (Å²) in [5, 5.41) is 0. The van der Waals surface area contributed by atoms with E-state index in [1.54, 1.807) is 0 Å². The fourth-order valence-electron chi connectivity index (χ4n) is 0.185. The molecular formula is C6H13O3+. The molecule has 0 amide bonds. The summed E-state index contributed by atoms with van der Waals surface area (Å²) in [6.45, 7) is 6.90. The van der Waals surface area contributed by atoms with Crippen LogP contribution in [0, 0.1) is 0 Å². The van der Waals surface area contributed by atoms with Crippen molar-refractivity contribution in [1.29, 1.82) is 0 Å². The molecule has 0 aliphatic rings. The van der Waals surface area contributed by atoms with E-state index in [9.17, 15) is 0 Å². The normalized spacial score (nSPS) is 11.1. The van der Waals surface area contributed by atoms with Crippen molar-refractivity contribution >= 4 is 5.97 Å². The van der Waals surface area contributed by atoms with E-state index in [0.29, 0.717) is 0 Å². The highest BCUT2D eigenvalue weighted by atomic mass is 17.2. The van der Waals surface area contributed by atoms with Gasteiger partial charge in [-0.3, -0.25) is 0 Å². The summed E-state index contributed by atoms with van der Waals surface area (Å²) in [7, 11) is 0. The van der Waals surface area contributed by atoms with E-state index in [4.69, 9.17) is 9.68 Å². The predicted octanol–water partition coefficient (Wildman–Crippen LogP) is 1.26. The van der Waals surface area contributed by atoms with Gasteiger partial charge in [0.15, 0.2) is 0 Å². The Morgan fingerprint density at radius 2 is 1.78 bits per heavy atom. The second-order valence-electron chi connectivity index (χ2n) is 2.80. The summed E-state index contributed by atoms with van der Waals surface area (Å²) in [6, 6.07) is 0. The summed E-state index contributed by atoms with van der Waals surface area (Å²) in [6.07, 6.45) is 0. The van der Waals surface area contributed by atoms with Crippen molar-refractivity contribution in [2.24, 2.45) is 0 Å². The minimum Gasteiger partial charge on any atom is -0.337 e. The largest absolute Gasteiger partial charge is 0.525 e. The summed E-state index contributed by atoms with van der Waals surface area (Å²) < 4.78 is 0. The van der Waals surface area contributed by atoms with Gasteiger partial charge in [0, 0.05) is 0 Å². The molecular weight excluding hydrogens is 120 g/mol.